The predicted molar refractivity (Wildman–Crippen MR) is 48.6 cm³/mol. The fourth-order valence-corrected chi connectivity index (χ4v) is 1.39. The maximum absolute atomic E-state index is 12.2. The summed E-state index contributed by atoms with van der Waals surface area (Å²) in [4.78, 5) is 13.8. The summed E-state index contributed by atoms with van der Waals surface area (Å²) in [6.45, 7) is 0. The number of rotatable bonds is 2. The Morgan fingerprint density at radius 1 is 1.29 bits per heavy atom. The lowest BCUT2D eigenvalue weighted by Gasteiger charge is -1.96. The molecule has 0 radical (unpaired) electrons. The number of para-hydroxylation sites is 1. The quantitative estimate of drug-likeness (QED) is 0.734. The van der Waals surface area contributed by atoms with Crippen molar-refractivity contribution in [2.45, 2.75) is 6.43 Å². The Bertz CT molecular complexity index is 476. The van der Waals surface area contributed by atoms with Crippen molar-refractivity contribution in [2.24, 2.45) is 0 Å². The maximum atomic E-state index is 12.2. The second-order valence-corrected chi connectivity index (χ2v) is 2.91. The molecule has 4 heteroatoms. The van der Waals surface area contributed by atoms with Gasteiger partial charge in [0.25, 0.3) is 0 Å². The summed E-state index contributed by atoms with van der Waals surface area (Å²) in [5.74, 6) is -1.14. The van der Waals surface area contributed by atoms with Crippen LogP contribution in [0.2, 0.25) is 0 Å². The summed E-state index contributed by atoms with van der Waals surface area (Å²) in [5, 5.41) is 0.540. The van der Waals surface area contributed by atoms with Gasteiger partial charge in [-0.1, -0.05) is 18.2 Å². The van der Waals surface area contributed by atoms with Gasteiger partial charge in [0.05, 0.1) is 0 Å². The van der Waals surface area contributed by atoms with E-state index in [0.717, 1.165) is 0 Å². The molecule has 0 atom stereocenters. The van der Waals surface area contributed by atoms with Crippen LogP contribution in [0, 0.1) is 0 Å². The largest absolute Gasteiger partial charge is 0.360 e. The molecule has 0 fully saturated rings. The summed E-state index contributed by atoms with van der Waals surface area (Å²) < 4.78 is 24.3. The number of benzene rings is 1. The molecule has 1 aromatic carbocycles. The van der Waals surface area contributed by atoms with Crippen LogP contribution in [0.15, 0.2) is 30.5 Å². The molecule has 0 saturated carbocycles. The van der Waals surface area contributed by atoms with Gasteiger partial charge in [-0.05, 0) is 6.07 Å². The van der Waals surface area contributed by atoms with E-state index >= 15 is 0 Å². The summed E-state index contributed by atoms with van der Waals surface area (Å²) in [6, 6.07) is 6.85. The van der Waals surface area contributed by atoms with Crippen LogP contribution < -0.4 is 0 Å². The van der Waals surface area contributed by atoms with Gasteiger partial charge in [-0.2, -0.15) is 0 Å². The molecule has 0 bridgehead atoms. The lowest BCUT2D eigenvalue weighted by atomic mass is 10.1. The predicted octanol–water partition coefficient (Wildman–Crippen LogP) is 2.62. The number of nitrogens with one attached hydrogen (secondary N) is 1. The maximum Gasteiger partial charge on any atom is 0.300 e. The van der Waals surface area contributed by atoms with Crippen molar-refractivity contribution in [1.82, 2.24) is 4.98 Å². The summed E-state index contributed by atoms with van der Waals surface area (Å²) in [5.41, 5.74) is 0.743. The van der Waals surface area contributed by atoms with Crippen molar-refractivity contribution < 1.29 is 13.6 Å². The van der Waals surface area contributed by atoms with Gasteiger partial charge in [-0.3, -0.25) is 4.79 Å². The van der Waals surface area contributed by atoms with Crippen LogP contribution in [0.1, 0.15) is 10.4 Å². The van der Waals surface area contributed by atoms with Crippen LogP contribution >= 0.6 is 0 Å². The Labute approximate surface area is 78.5 Å². The second-order valence-electron chi connectivity index (χ2n) is 2.91. The Kier molecular flexibility index (Phi) is 2.04. The number of hydrogen-bond acceptors (Lipinski definition) is 1. The second kappa shape index (κ2) is 3.21. The summed E-state index contributed by atoms with van der Waals surface area (Å²) in [7, 11) is 0. The normalized spacial score (nSPS) is 11.1. The molecular formula is C10H7F2NO. The Morgan fingerprint density at radius 3 is 2.71 bits per heavy atom. The number of halogens is 2. The van der Waals surface area contributed by atoms with E-state index in [1.807, 2.05) is 0 Å². The van der Waals surface area contributed by atoms with Gasteiger partial charge < -0.3 is 4.98 Å². The van der Waals surface area contributed by atoms with Crippen molar-refractivity contribution in [3.05, 3.63) is 36.0 Å². The molecule has 0 amide bonds. The van der Waals surface area contributed by atoms with Gasteiger partial charge in [0.1, 0.15) is 0 Å². The van der Waals surface area contributed by atoms with E-state index in [9.17, 15) is 13.6 Å². The standard InChI is InChI=1S/C10H7F2NO/c11-10(12)9(14)7-5-13-8-4-2-1-3-6(7)8/h1-5,10,13H. The van der Waals surface area contributed by atoms with Gasteiger partial charge in [0.2, 0.25) is 5.78 Å². The van der Waals surface area contributed by atoms with Crippen LogP contribution in [0.5, 0.6) is 0 Å². The first kappa shape index (κ1) is 8.87. The third kappa shape index (κ3) is 1.28. The molecule has 2 nitrogen and oxygen atoms in total. The third-order valence-electron chi connectivity index (χ3n) is 2.05. The molecule has 1 N–H and O–H groups in total. The number of aromatic nitrogens is 1. The molecule has 1 aromatic heterocycles. The van der Waals surface area contributed by atoms with Crippen molar-refractivity contribution in [2.75, 3.05) is 0 Å². The highest BCUT2D eigenvalue weighted by molar-refractivity contribution is 6.09. The smallest absolute Gasteiger partial charge is 0.300 e. The minimum Gasteiger partial charge on any atom is -0.360 e. The van der Waals surface area contributed by atoms with Gasteiger partial charge in [-0.25, -0.2) is 8.78 Å². The fraction of sp³-hybridized carbons (Fsp3) is 0.100. The van der Waals surface area contributed by atoms with E-state index in [4.69, 9.17) is 0 Å². The molecule has 0 aliphatic heterocycles. The van der Waals surface area contributed by atoms with Crippen LogP contribution in [0.4, 0.5) is 8.78 Å². The lowest BCUT2D eigenvalue weighted by Crippen LogP contribution is -2.09. The van der Waals surface area contributed by atoms with Crippen LogP contribution in [0.3, 0.4) is 0 Å². The zero-order valence-corrected chi connectivity index (χ0v) is 7.13. The molecule has 0 spiro atoms. The van der Waals surface area contributed by atoms with Gasteiger partial charge in [0.15, 0.2) is 0 Å². The van der Waals surface area contributed by atoms with E-state index in [1.165, 1.54) is 6.20 Å². The monoisotopic (exact) mass is 195 g/mol. The number of Topliss-reactive ketones (excluding diaryl/α,β-unsaturated/α-hetero) is 1. The molecule has 0 saturated heterocycles. The van der Waals surface area contributed by atoms with Crippen molar-refractivity contribution in [3.63, 3.8) is 0 Å². The first-order valence-corrected chi connectivity index (χ1v) is 4.08. The minimum absolute atomic E-state index is 0.0515. The van der Waals surface area contributed by atoms with Crippen LogP contribution in [0.25, 0.3) is 10.9 Å². The highest BCUT2D eigenvalue weighted by Crippen LogP contribution is 2.19. The number of fused-ring (bicyclic) bond motifs is 1. The highest BCUT2D eigenvalue weighted by atomic mass is 19.3. The van der Waals surface area contributed by atoms with Gasteiger partial charge >= 0.3 is 6.43 Å². The number of hydrogen-bond donors (Lipinski definition) is 1. The molecule has 72 valence electrons. The van der Waals surface area contributed by atoms with Gasteiger partial charge in [0, 0.05) is 22.7 Å². The molecule has 0 aliphatic carbocycles. The average molecular weight is 195 g/mol. The van der Waals surface area contributed by atoms with E-state index in [-0.39, 0.29) is 5.56 Å². The lowest BCUT2D eigenvalue weighted by molar-refractivity contribution is 0.0680. The molecule has 2 rings (SSSR count). The topological polar surface area (TPSA) is 32.9 Å². The third-order valence-corrected chi connectivity index (χ3v) is 2.05. The average Bonchev–Trinajstić information content (AvgIpc) is 2.60. The number of carbonyl (C=O) groups is 1. The Morgan fingerprint density at radius 2 is 2.00 bits per heavy atom. The molecular weight excluding hydrogens is 188 g/mol. The van der Waals surface area contributed by atoms with Crippen LogP contribution in [-0.2, 0) is 0 Å². The number of alkyl halides is 2. The zero-order chi connectivity index (χ0) is 10.1. The molecule has 1 heterocycles. The van der Waals surface area contributed by atoms with E-state index in [1.54, 1.807) is 24.3 Å². The van der Waals surface area contributed by atoms with E-state index < -0.39 is 12.2 Å². The van der Waals surface area contributed by atoms with Crippen molar-refractivity contribution in [1.29, 1.82) is 0 Å². The number of ketones is 1. The number of H-pyrrole nitrogens is 1. The summed E-state index contributed by atoms with van der Waals surface area (Å²) >= 11 is 0. The number of carbonyl (C=O) groups excluding carboxylic acids is 1. The minimum atomic E-state index is -2.95. The fourth-order valence-electron chi connectivity index (χ4n) is 1.39. The van der Waals surface area contributed by atoms with E-state index in [0.29, 0.717) is 10.9 Å². The van der Waals surface area contributed by atoms with Crippen molar-refractivity contribution in [3.8, 4) is 0 Å². The molecule has 2 aromatic rings. The molecule has 0 aliphatic rings. The molecule has 14 heavy (non-hydrogen) atoms. The molecule has 0 unspecified atom stereocenters. The van der Waals surface area contributed by atoms with E-state index in [2.05, 4.69) is 4.98 Å². The Balaban J connectivity index is 2.58. The first-order valence-electron chi connectivity index (χ1n) is 4.08. The van der Waals surface area contributed by atoms with Crippen LogP contribution in [-0.4, -0.2) is 17.2 Å². The summed E-state index contributed by atoms with van der Waals surface area (Å²) in [6.07, 6.45) is -1.63. The van der Waals surface area contributed by atoms with Crippen molar-refractivity contribution >= 4 is 16.7 Å². The Hall–Kier alpha value is -1.71. The zero-order valence-electron chi connectivity index (χ0n) is 7.13. The first-order chi connectivity index (χ1) is 6.70. The number of aromatic amines is 1. The highest BCUT2D eigenvalue weighted by Gasteiger charge is 2.20. The van der Waals surface area contributed by atoms with Gasteiger partial charge in [-0.15, -0.1) is 0 Å². The SMILES string of the molecule is O=C(c1c[nH]c2ccccc12)C(F)F.